The second-order valence-corrected chi connectivity index (χ2v) is 9.97. The van der Waals surface area contributed by atoms with E-state index in [0.29, 0.717) is 12.0 Å². The predicted octanol–water partition coefficient (Wildman–Crippen LogP) is 4.02. The molecular formula is C25H31NO4S. The molecule has 0 fully saturated rings. The molecule has 2 aromatic carbocycles. The van der Waals surface area contributed by atoms with Gasteiger partial charge in [0.1, 0.15) is 0 Å². The van der Waals surface area contributed by atoms with E-state index in [0.717, 1.165) is 27.8 Å². The standard InChI is InChI=1S/C25H31NO4S/c1-7-18-9-20(15-27)11-21(10-18)31(29,30)26-25(28)14-24-22(16(3)4)12-19(8-2)13-23(24)17(5)6/h2,9-13,16-17,27H,7,14-15H2,1,3-6H3,(H,26,28). The van der Waals surface area contributed by atoms with Gasteiger partial charge in [-0.3, -0.25) is 4.79 Å². The van der Waals surface area contributed by atoms with E-state index >= 15 is 0 Å². The molecule has 166 valence electrons. The van der Waals surface area contributed by atoms with Gasteiger partial charge in [-0.15, -0.1) is 6.42 Å². The maximum Gasteiger partial charge on any atom is 0.264 e. The number of carbonyl (C=O) groups is 1. The number of aliphatic hydroxyl groups is 1. The first-order valence-electron chi connectivity index (χ1n) is 10.4. The summed E-state index contributed by atoms with van der Waals surface area (Å²) in [5.41, 5.74) is 4.71. The molecule has 2 rings (SSSR count). The third-order valence-electron chi connectivity index (χ3n) is 5.24. The van der Waals surface area contributed by atoms with Gasteiger partial charge in [-0.2, -0.15) is 0 Å². The number of nitrogens with one attached hydrogen (secondary N) is 1. The summed E-state index contributed by atoms with van der Waals surface area (Å²) in [7, 11) is -4.07. The number of rotatable bonds is 8. The van der Waals surface area contributed by atoms with E-state index in [2.05, 4.69) is 10.6 Å². The Morgan fingerprint density at radius 1 is 1.03 bits per heavy atom. The highest BCUT2D eigenvalue weighted by atomic mass is 32.2. The van der Waals surface area contributed by atoms with Gasteiger partial charge in [-0.05, 0) is 70.3 Å². The Kier molecular flexibility index (Phi) is 8.05. The number of hydrogen-bond donors (Lipinski definition) is 2. The van der Waals surface area contributed by atoms with E-state index in [1.165, 1.54) is 12.1 Å². The molecule has 2 N–H and O–H groups in total. The molecule has 0 radical (unpaired) electrons. The van der Waals surface area contributed by atoms with Gasteiger partial charge in [0.2, 0.25) is 5.91 Å². The molecule has 0 bridgehead atoms. The first kappa shape index (κ1) is 24.6. The fourth-order valence-electron chi connectivity index (χ4n) is 3.62. The van der Waals surface area contributed by atoms with Crippen LogP contribution in [0.4, 0.5) is 0 Å². The average molecular weight is 442 g/mol. The third kappa shape index (κ3) is 5.96. The maximum atomic E-state index is 12.9. The van der Waals surface area contributed by atoms with Crippen LogP contribution in [0.15, 0.2) is 35.2 Å². The van der Waals surface area contributed by atoms with Crippen molar-refractivity contribution < 1.29 is 18.3 Å². The van der Waals surface area contributed by atoms with Crippen molar-refractivity contribution in [1.82, 2.24) is 4.72 Å². The van der Waals surface area contributed by atoms with E-state index in [1.54, 1.807) is 6.07 Å². The van der Waals surface area contributed by atoms with Crippen LogP contribution in [0.1, 0.15) is 79.8 Å². The first-order chi connectivity index (χ1) is 14.5. The summed E-state index contributed by atoms with van der Waals surface area (Å²) in [4.78, 5) is 12.8. The second-order valence-electron chi connectivity index (χ2n) is 8.29. The number of terminal acetylenes is 1. The predicted molar refractivity (Wildman–Crippen MR) is 123 cm³/mol. The molecule has 0 spiro atoms. The van der Waals surface area contributed by atoms with Crippen LogP contribution in [0.2, 0.25) is 0 Å². The van der Waals surface area contributed by atoms with Gasteiger partial charge in [0.25, 0.3) is 10.0 Å². The van der Waals surface area contributed by atoms with Crippen LogP contribution in [0.5, 0.6) is 0 Å². The summed E-state index contributed by atoms with van der Waals surface area (Å²) in [6.07, 6.45) is 6.16. The number of aliphatic hydroxyl groups excluding tert-OH is 1. The van der Waals surface area contributed by atoms with Crippen molar-refractivity contribution in [3.63, 3.8) is 0 Å². The number of amides is 1. The average Bonchev–Trinajstić information content (AvgIpc) is 2.72. The van der Waals surface area contributed by atoms with Crippen molar-refractivity contribution in [2.24, 2.45) is 0 Å². The monoisotopic (exact) mass is 441 g/mol. The Morgan fingerprint density at radius 3 is 2.03 bits per heavy atom. The van der Waals surface area contributed by atoms with E-state index < -0.39 is 15.9 Å². The normalized spacial score (nSPS) is 11.6. The van der Waals surface area contributed by atoms with Gasteiger partial charge >= 0.3 is 0 Å². The third-order valence-corrected chi connectivity index (χ3v) is 6.60. The van der Waals surface area contributed by atoms with Crippen molar-refractivity contribution in [2.45, 2.75) is 70.8 Å². The highest BCUT2D eigenvalue weighted by Gasteiger charge is 2.23. The van der Waals surface area contributed by atoms with E-state index in [9.17, 15) is 18.3 Å². The quantitative estimate of drug-likeness (QED) is 0.606. The Labute approximate surface area is 185 Å². The lowest BCUT2D eigenvalue weighted by atomic mass is 9.85. The number of aryl methyl sites for hydroxylation is 1. The van der Waals surface area contributed by atoms with Gasteiger partial charge in [0, 0.05) is 5.56 Å². The number of carbonyl (C=O) groups excluding carboxylic acids is 1. The Bertz CT molecular complexity index is 1060. The lowest BCUT2D eigenvalue weighted by Gasteiger charge is -2.20. The topological polar surface area (TPSA) is 83.5 Å². The zero-order valence-electron chi connectivity index (χ0n) is 18.8. The molecule has 0 aliphatic heterocycles. The number of hydrogen-bond acceptors (Lipinski definition) is 4. The van der Waals surface area contributed by atoms with Gasteiger partial charge in [0.15, 0.2) is 0 Å². The molecule has 0 saturated carbocycles. The summed E-state index contributed by atoms with van der Waals surface area (Å²) >= 11 is 0. The highest BCUT2D eigenvalue weighted by Crippen LogP contribution is 2.30. The van der Waals surface area contributed by atoms with Crippen LogP contribution in [-0.4, -0.2) is 19.4 Å². The molecule has 0 heterocycles. The van der Waals surface area contributed by atoms with Crippen LogP contribution >= 0.6 is 0 Å². The first-order valence-corrected chi connectivity index (χ1v) is 11.9. The zero-order chi connectivity index (χ0) is 23.3. The zero-order valence-corrected chi connectivity index (χ0v) is 19.6. The second kappa shape index (κ2) is 10.1. The van der Waals surface area contributed by atoms with Gasteiger partial charge in [0.05, 0.1) is 17.9 Å². The smallest absolute Gasteiger partial charge is 0.264 e. The number of benzene rings is 2. The fraction of sp³-hybridized carbons (Fsp3) is 0.400. The van der Waals surface area contributed by atoms with Crippen LogP contribution in [-0.2, 0) is 34.3 Å². The summed E-state index contributed by atoms with van der Waals surface area (Å²) in [6, 6.07) is 8.45. The molecular weight excluding hydrogens is 410 g/mol. The molecule has 31 heavy (non-hydrogen) atoms. The summed E-state index contributed by atoms with van der Waals surface area (Å²) in [5, 5.41) is 9.44. The van der Waals surface area contributed by atoms with Gasteiger partial charge < -0.3 is 5.11 Å². The van der Waals surface area contributed by atoms with Crippen LogP contribution < -0.4 is 4.72 Å². The minimum atomic E-state index is -4.07. The van der Waals surface area contributed by atoms with Crippen LogP contribution in [0.3, 0.4) is 0 Å². The molecule has 0 unspecified atom stereocenters. The van der Waals surface area contributed by atoms with Crippen molar-refractivity contribution in [2.75, 3.05) is 0 Å². The van der Waals surface area contributed by atoms with Crippen molar-refractivity contribution in [3.05, 3.63) is 63.7 Å². The Morgan fingerprint density at radius 2 is 1.58 bits per heavy atom. The van der Waals surface area contributed by atoms with Gasteiger partial charge in [-0.1, -0.05) is 46.6 Å². The van der Waals surface area contributed by atoms with Crippen LogP contribution in [0, 0.1) is 12.3 Å². The molecule has 0 atom stereocenters. The van der Waals surface area contributed by atoms with Crippen LogP contribution in [0.25, 0.3) is 0 Å². The summed E-state index contributed by atoms with van der Waals surface area (Å²) in [5.74, 6) is 2.30. The molecule has 0 saturated heterocycles. The van der Waals surface area contributed by atoms with E-state index in [-0.39, 0.29) is 29.8 Å². The van der Waals surface area contributed by atoms with Gasteiger partial charge in [-0.25, -0.2) is 13.1 Å². The van der Waals surface area contributed by atoms with Crippen molar-refractivity contribution in [3.8, 4) is 12.3 Å². The molecule has 0 aliphatic carbocycles. The molecule has 0 aromatic heterocycles. The number of sulfonamides is 1. The van der Waals surface area contributed by atoms with E-state index in [4.69, 9.17) is 6.42 Å². The largest absolute Gasteiger partial charge is 0.392 e. The lowest BCUT2D eigenvalue weighted by Crippen LogP contribution is -2.32. The Balaban J connectivity index is 2.41. The lowest BCUT2D eigenvalue weighted by molar-refractivity contribution is -0.118. The highest BCUT2D eigenvalue weighted by molar-refractivity contribution is 7.90. The maximum absolute atomic E-state index is 12.9. The SMILES string of the molecule is C#Cc1cc(C(C)C)c(CC(=O)NS(=O)(=O)c2cc(CC)cc(CO)c2)c(C(C)C)c1. The molecule has 5 nitrogen and oxygen atoms in total. The summed E-state index contributed by atoms with van der Waals surface area (Å²) in [6.45, 7) is 9.69. The molecule has 2 aromatic rings. The minimum absolute atomic E-state index is 0.0277. The summed E-state index contributed by atoms with van der Waals surface area (Å²) < 4.78 is 27.9. The van der Waals surface area contributed by atoms with Crippen molar-refractivity contribution in [1.29, 1.82) is 0 Å². The van der Waals surface area contributed by atoms with Crippen molar-refractivity contribution >= 4 is 15.9 Å². The van der Waals surface area contributed by atoms with E-state index in [1.807, 2.05) is 46.8 Å². The molecule has 6 heteroatoms. The molecule has 1 amide bonds. The Hall–Kier alpha value is -2.62. The molecule has 0 aliphatic rings. The fourth-order valence-corrected chi connectivity index (χ4v) is 4.72. The minimum Gasteiger partial charge on any atom is -0.392 e.